The molecule has 0 aromatic heterocycles. The molecule has 34 heavy (non-hydrogen) atoms. The van der Waals surface area contributed by atoms with Crippen LogP contribution >= 0.6 is 0 Å². The van der Waals surface area contributed by atoms with Crippen molar-refractivity contribution in [3.8, 4) is 23.0 Å². The van der Waals surface area contributed by atoms with E-state index in [4.69, 9.17) is 16.6 Å². The topological polar surface area (TPSA) is 133 Å². The van der Waals surface area contributed by atoms with Crippen molar-refractivity contribution in [1.29, 1.82) is 0 Å². The summed E-state index contributed by atoms with van der Waals surface area (Å²) in [5.41, 5.74) is 16.0. The molecule has 0 unspecified atom stereocenters. The molecule has 0 aliphatic rings. The van der Waals surface area contributed by atoms with E-state index in [2.05, 4.69) is 0 Å². The first-order valence-electron chi connectivity index (χ1n) is 10.4. The maximum atomic E-state index is 9.38. The number of aromatic hydroxyl groups is 4. The first kappa shape index (κ1) is 23.8. The standard InChI is InChI=1S/2C14H13NO2/c15-12-7-11(8-14(17)9-12)2-1-10-3-5-13(16)6-4-10;15-12-5-3-10(4-6-12)1-2-11-7-13(16)9-14(17)8-11/h2*1-9,16-17H,15H2. The molecule has 0 saturated carbocycles. The number of benzene rings is 4. The zero-order chi connectivity index (χ0) is 24.5. The highest BCUT2D eigenvalue weighted by atomic mass is 16.3. The summed E-state index contributed by atoms with van der Waals surface area (Å²) in [7, 11) is 0. The lowest BCUT2D eigenvalue weighted by Gasteiger charge is -1.99. The van der Waals surface area contributed by atoms with Crippen molar-refractivity contribution in [2.75, 3.05) is 11.5 Å². The Morgan fingerprint density at radius 2 is 0.794 bits per heavy atom. The number of phenolic OH excluding ortho intramolecular Hbond substituents is 4. The monoisotopic (exact) mass is 454 g/mol. The summed E-state index contributed by atoms with van der Waals surface area (Å²) in [6.07, 6.45) is 7.43. The molecule has 0 bridgehead atoms. The predicted octanol–water partition coefficient (Wildman–Crippen LogP) is 5.70. The van der Waals surface area contributed by atoms with Crippen LogP contribution in [0.4, 0.5) is 11.4 Å². The third kappa shape index (κ3) is 7.69. The summed E-state index contributed by atoms with van der Waals surface area (Å²) < 4.78 is 0. The number of hydrogen-bond acceptors (Lipinski definition) is 6. The molecule has 0 spiro atoms. The molecule has 0 heterocycles. The van der Waals surface area contributed by atoms with Gasteiger partial charge in [0, 0.05) is 23.5 Å². The Bertz CT molecular complexity index is 1150. The Morgan fingerprint density at radius 3 is 1.29 bits per heavy atom. The lowest BCUT2D eigenvalue weighted by Crippen LogP contribution is -1.84. The van der Waals surface area contributed by atoms with Gasteiger partial charge in [-0.3, -0.25) is 0 Å². The van der Waals surface area contributed by atoms with Crippen molar-refractivity contribution in [1.82, 2.24) is 0 Å². The lowest BCUT2D eigenvalue weighted by atomic mass is 10.1. The second-order valence-electron chi connectivity index (χ2n) is 7.57. The highest BCUT2D eigenvalue weighted by molar-refractivity contribution is 5.72. The third-order valence-corrected chi connectivity index (χ3v) is 4.65. The van der Waals surface area contributed by atoms with Crippen molar-refractivity contribution in [2.24, 2.45) is 0 Å². The van der Waals surface area contributed by atoms with Gasteiger partial charge in [0.25, 0.3) is 0 Å². The number of phenols is 4. The molecule has 6 heteroatoms. The molecule has 0 aliphatic carbocycles. The Hall–Kier alpha value is -4.84. The lowest BCUT2D eigenvalue weighted by molar-refractivity contribution is 0.450. The summed E-state index contributed by atoms with van der Waals surface area (Å²) in [4.78, 5) is 0. The molecule has 6 nitrogen and oxygen atoms in total. The zero-order valence-corrected chi connectivity index (χ0v) is 18.3. The molecule has 4 aromatic rings. The van der Waals surface area contributed by atoms with Crippen LogP contribution in [-0.4, -0.2) is 20.4 Å². The molecule has 0 fully saturated rings. The van der Waals surface area contributed by atoms with E-state index in [-0.39, 0.29) is 23.0 Å². The molecule has 4 aromatic carbocycles. The highest BCUT2D eigenvalue weighted by Crippen LogP contribution is 2.22. The summed E-state index contributed by atoms with van der Waals surface area (Å²) in [6, 6.07) is 23.6. The van der Waals surface area contributed by atoms with E-state index >= 15 is 0 Å². The predicted molar refractivity (Wildman–Crippen MR) is 139 cm³/mol. The van der Waals surface area contributed by atoms with E-state index in [1.54, 1.807) is 48.5 Å². The Morgan fingerprint density at radius 1 is 0.382 bits per heavy atom. The summed E-state index contributed by atoms with van der Waals surface area (Å²) in [5, 5.41) is 37.2. The van der Waals surface area contributed by atoms with Gasteiger partial charge in [-0.05, 0) is 70.8 Å². The van der Waals surface area contributed by atoms with Crippen LogP contribution in [0.25, 0.3) is 24.3 Å². The molecule has 0 aliphatic heterocycles. The fraction of sp³-hybridized carbons (Fsp3) is 0. The van der Waals surface area contributed by atoms with Crippen LogP contribution in [0.5, 0.6) is 23.0 Å². The van der Waals surface area contributed by atoms with Gasteiger partial charge in [-0.15, -0.1) is 0 Å². The van der Waals surface area contributed by atoms with Crippen molar-refractivity contribution in [2.45, 2.75) is 0 Å². The van der Waals surface area contributed by atoms with Gasteiger partial charge >= 0.3 is 0 Å². The normalized spacial score (nSPS) is 10.8. The number of nitrogen functional groups attached to an aromatic ring is 2. The van der Waals surface area contributed by atoms with Gasteiger partial charge in [0.05, 0.1) is 0 Å². The molecule has 0 radical (unpaired) electrons. The smallest absolute Gasteiger partial charge is 0.119 e. The van der Waals surface area contributed by atoms with E-state index < -0.39 is 0 Å². The van der Waals surface area contributed by atoms with Crippen LogP contribution < -0.4 is 11.5 Å². The van der Waals surface area contributed by atoms with E-state index in [9.17, 15) is 15.3 Å². The minimum absolute atomic E-state index is 0.0435. The maximum Gasteiger partial charge on any atom is 0.119 e. The van der Waals surface area contributed by atoms with Gasteiger partial charge in [0.15, 0.2) is 0 Å². The molecule has 8 N–H and O–H groups in total. The third-order valence-electron chi connectivity index (χ3n) is 4.65. The van der Waals surface area contributed by atoms with Gasteiger partial charge < -0.3 is 31.9 Å². The second-order valence-corrected chi connectivity index (χ2v) is 7.57. The minimum atomic E-state index is 0.0435. The van der Waals surface area contributed by atoms with Crippen LogP contribution in [0.2, 0.25) is 0 Å². The zero-order valence-electron chi connectivity index (χ0n) is 18.3. The van der Waals surface area contributed by atoms with Gasteiger partial charge in [0.2, 0.25) is 0 Å². The number of anilines is 2. The van der Waals surface area contributed by atoms with Gasteiger partial charge in [0.1, 0.15) is 23.0 Å². The van der Waals surface area contributed by atoms with Crippen molar-refractivity contribution in [3.05, 3.63) is 107 Å². The molecule has 0 saturated heterocycles. The van der Waals surface area contributed by atoms with Crippen LogP contribution in [0.1, 0.15) is 22.3 Å². The van der Waals surface area contributed by atoms with Crippen molar-refractivity contribution < 1.29 is 20.4 Å². The minimum Gasteiger partial charge on any atom is -0.508 e. The molecule has 0 atom stereocenters. The molecule has 0 amide bonds. The fourth-order valence-electron chi connectivity index (χ4n) is 3.05. The molecular formula is C28H26N2O4. The summed E-state index contributed by atoms with van der Waals surface area (Å²) >= 11 is 0. The Balaban J connectivity index is 0.000000191. The summed E-state index contributed by atoms with van der Waals surface area (Å²) in [5.74, 6) is 0.475. The molecule has 4 rings (SSSR count). The number of rotatable bonds is 4. The van der Waals surface area contributed by atoms with Crippen LogP contribution in [0.3, 0.4) is 0 Å². The maximum absolute atomic E-state index is 9.38. The fourth-order valence-corrected chi connectivity index (χ4v) is 3.05. The Kier molecular flexibility index (Phi) is 7.81. The average Bonchev–Trinajstić information content (AvgIpc) is 2.78. The van der Waals surface area contributed by atoms with E-state index in [1.807, 2.05) is 48.6 Å². The molecule has 172 valence electrons. The molecular weight excluding hydrogens is 428 g/mol. The summed E-state index contributed by atoms with van der Waals surface area (Å²) in [6.45, 7) is 0. The van der Waals surface area contributed by atoms with Crippen molar-refractivity contribution in [3.63, 3.8) is 0 Å². The first-order valence-corrected chi connectivity index (χ1v) is 10.4. The van der Waals surface area contributed by atoms with E-state index in [0.29, 0.717) is 5.69 Å². The van der Waals surface area contributed by atoms with Crippen LogP contribution in [-0.2, 0) is 0 Å². The SMILES string of the molecule is Nc1cc(O)cc(C=Cc2ccc(O)cc2)c1.Nc1ccc(C=Cc2cc(O)cc(O)c2)cc1. The van der Waals surface area contributed by atoms with Gasteiger partial charge in [-0.1, -0.05) is 48.6 Å². The van der Waals surface area contributed by atoms with Gasteiger partial charge in [-0.2, -0.15) is 0 Å². The quantitative estimate of drug-likeness (QED) is 0.173. The van der Waals surface area contributed by atoms with Crippen LogP contribution in [0.15, 0.2) is 84.9 Å². The highest BCUT2D eigenvalue weighted by Gasteiger charge is 1.96. The largest absolute Gasteiger partial charge is 0.508 e. The average molecular weight is 455 g/mol. The number of hydrogen-bond donors (Lipinski definition) is 6. The second kappa shape index (κ2) is 11.2. The van der Waals surface area contributed by atoms with Crippen LogP contribution in [0, 0.1) is 0 Å². The van der Waals surface area contributed by atoms with E-state index in [1.165, 1.54) is 12.1 Å². The number of nitrogens with two attached hydrogens (primary N) is 2. The first-order chi connectivity index (χ1) is 16.3. The van der Waals surface area contributed by atoms with Gasteiger partial charge in [-0.25, -0.2) is 0 Å². The van der Waals surface area contributed by atoms with Crippen molar-refractivity contribution >= 4 is 35.7 Å². The van der Waals surface area contributed by atoms with E-state index in [0.717, 1.165) is 27.9 Å². The Labute approximate surface area is 198 Å².